The van der Waals surface area contributed by atoms with Crippen LogP contribution in [0.2, 0.25) is 0 Å². The summed E-state index contributed by atoms with van der Waals surface area (Å²) in [6.07, 6.45) is 11.7. The average Bonchev–Trinajstić information content (AvgIpc) is 2.71. The Bertz CT molecular complexity index is 186. The van der Waals surface area contributed by atoms with Crippen molar-refractivity contribution in [3.63, 3.8) is 0 Å². The molecule has 0 bridgehead atoms. The highest BCUT2D eigenvalue weighted by atomic mass is 15.0. The lowest BCUT2D eigenvalue weighted by Crippen LogP contribution is -2.53. The first-order valence-electron chi connectivity index (χ1n) is 6.98. The molecule has 0 spiro atoms. The molecule has 1 saturated heterocycles. The summed E-state index contributed by atoms with van der Waals surface area (Å²) in [5.41, 5.74) is 0.493. The Morgan fingerprint density at radius 3 is 2.40 bits per heavy atom. The fraction of sp³-hybridized carbons (Fsp3) is 1.00. The van der Waals surface area contributed by atoms with Gasteiger partial charge in [-0.1, -0.05) is 46.0 Å². The standard InChI is InChI=1S/C14H27N/c1-12(2)14(9-5-6-10-15-14)11-13-7-3-4-8-13/h12-13,15H,3-11H2,1-2H3. The molecule has 1 heteroatoms. The van der Waals surface area contributed by atoms with Crippen LogP contribution in [-0.2, 0) is 0 Å². The molecule has 0 aromatic rings. The molecule has 88 valence electrons. The van der Waals surface area contributed by atoms with E-state index in [1.54, 1.807) is 0 Å². The number of hydrogen-bond donors (Lipinski definition) is 1. The molecule has 0 aromatic carbocycles. The van der Waals surface area contributed by atoms with Crippen LogP contribution in [0.3, 0.4) is 0 Å². The van der Waals surface area contributed by atoms with E-state index < -0.39 is 0 Å². The Morgan fingerprint density at radius 2 is 1.87 bits per heavy atom. The van der Waals surface area contributed by atoms with Crippen molar-refractivity contribution in [2.75, 3.05) is 6.54 Å². The Morgan fingerprint density at radius 1 is 1.13 bits per heavy atom. The van der Waals surface area contributed by atoms with Gasteiger partial charge in [-0.15, -0.1) is 0 Å². The summed E-state index contributed by atoms with van der Waals surface area (Å²) in [7, 11) is 0. The lowest BCUT2D eigenvalue weighted by Gasteiger charge is -2.44. The molecule has 1 nitrogen and oxygen atoms in total. The lowest BCUT2D eigenvalue weighted by molar-refractivity contribution is 0.144. The van der Waals surface area contributed by atoms with Gasteiger partial charge in [0.25, 0.3) is 0 Å². The normalized spacial score (nSPS) is 33.8. The maximum absolute atomic E-state index is 3.86. The second-order valence-corrected chi connectivity index (χ2v) is 6.05. The quantitative estimate of drug-likeness (QED) is 0.746. The fourth-order valence-electron chi connectivity index (χ4n) is 3.62. The van der Waals surface area contributed by atoms with Crippen molar-refractivity contribution in [1.29, 1.82) is 0 Å². The second kappa shape index (κ2) is 4.86. The summed E-state index contributed by atoms with van der Waals surface area (Å²) in [5.74, 6) is 1.83. The highest BCUT2D eigenvalue weighted by Crippen LogP contribution is 2.38. The number of hydrogen-bond acceptors (Lipinski definition) is 1. The van der Waals surface area contributed by atoms with Crippen LogP contribution >= 0.6 is 0 Å². The zero-order valence-corrected chi connectivity index (χ0v) is 10.5. The van der Waals surface area contributed by atoms with Crippen LogP contribution < -0.4 is 5.32 Å². The van der Waals surface area contributed by atoms with Crippen molar-refractivity contribution in [2.45, 2.75) is 70.8 Å². The highest BCUT2D eigenvalue weighted by Gasteiger charge is 2.37. The molecule has 2 aliphatic rings. The zero-order chi connectivity index (χ0) is 10.7. The van der Waals surface area contributed by atoms with E-state index in [2.05, 4.69) is 19.2 Å². The molecular weight excluding hydrogens is 182 g/mol. The van der Waals surface area contributed by atoms with Gasteiger partial charge in [-0.05, 0) is 37.6 Å². The topological polar surface area (TPSA) is 12.0 Å². The van der Waals surface area contributed by atoms with Gasteiger partial charge in [0.05, 0.1) is 0 Å². The van der Waals surface area contributed by atoms with E-state index in [-0.39, 0.29) is 0 Å². The first-order valence-corrected chi connectivity index (χ1v) is 6.98. The molecule has 2 rings (SSSR count). The average molecular weight is 209 g/mol. The van der Waals surface area contributed by atoms with Crippen molar-refractivity contribution in [1.82, 2.24) is 5.32 Å². The van der Waals surface area contributed by atoms with Gasteiger partial charge in [-0.3, -0.25) is 0 Å². The van der Waals surface area contributed by atoms with Crippen molar-refractivity contribution < 1.29 is 0 Å². The predicted molar refractivity (Wildman–Crippen MR) is 66.0 cm³/mol. The minimum Gasteiger partial charge on any atom is -0.311 e. The summed E-state index contributed by atoms with van der Waals surface area (Å²) in [6.45, 7) is 6.07. The molecule has 1 aliphatic heterocycles. The molecule has 0 aromatic heterocycles. The summed E-state index contributed by atoms with van der Waals surface area (Å²) >= 11 is 0. The lowest BCUT2D eigenvalue weighted by atomic mass is 9.73. The van der Waals surface area contributed by atoms with Gasteiger partial charge in [0.1, 0.15) is 0 Å². The van der Waals surface area contributed by atoms with Gasteiger partial charge >= 0.3 is 0 Å². The first-order chi connectivity index (χ1) is 7.23. The molecule has 1 aliphatic carbocycles. The summed E-state index contributed by atoms with van der Waals surface area (Å²) in [5, 5.41) is 3.86. The van der Waals surface area contributed by atoms with Gasteiger partial charge in [0.2, 0.25) is 0 Å². The van der Waals surface area contributed by atoms with Gasteiger partial charge < -0.3 is 5.32 Å². The van der Waals surface area contributed by atoms with Crippen molar-refractivity contribution in [2.24, 2.45) is 11.8 Å². The monoisotopic (exact) mass is 209 g/mol. The molecule has 1 heterocycles. The molecule has 15 heavy (non-hydrogen) atoms. The third-order valence-electron chi connectivity index (χ3n) is 4.76. The maximum Gasteiger partial charge on any atom is 0.0207 e. The predicted octanol–water partition coefficient (Wildman–Crippen LogP) is 3.74. The third kappa shape index (κ3) is 2.55. The molecule has 0 radical (unpaired) electrons. The van der Waals surface area contributed by atoms with Crippen molar-refractivity contribution in [3.8, 4) is 0 Å². The van der Waals surface area contributed by atoms with Gasteiger partial charge in [0.15, 0.2) is 0 Å². The van der Waals surface area contributed by atoms with Crippen molar-refractivity contribution in [3.05, 3.63) is 0 Å². The van der Waals surface area contributed by atoms with Crippen molar-refractivity contribution >= 4 is 0 Å². The van der Waals surface area contributed by atoms with Crippen LogP contribution in [0.15, 0.2) is 0 Å². The summed E-state index contributed by atoms with van der Waals surface area (Å²) in [6, 6.07) is 0. The van der Waals surface area contributed by atoms with E-state index in [9.17, 15) is 0 Å². The molecule has 1 atom stereocenters. The Kier molecular flexibility index (Phi) is 3.71. The van der Waals surface area contributed by atoms with Crippen LogP contribution in [0, 0.1) is 11.8 Å². The molecule has 1 N–H and O–H groups in total. The molecule has 2 fully saturated rings. The van der Waals surface area contributed by atoms with E-state index in [1.165, 1.54) is 57.9 Å². The Labute approximate surface area is 95.0 Å². The van der Waals surface area contributed by atoms with Crippen LogP contribution in [-0.4, -0.2) is 12.1 Å². The number of nitrogens with one attached hydrogen (secondary N) is 1. The first kappa shape index (κ1) is 11.4. The number of piperidine rings is 1. The largest absolute Gasteiger partial charge is 0.311 e. The van der Waals surface area contributed by atoms with Crippen LogP contribution in [0.1, 0.15) is 65.2 Å². The molecular formula is C14H27N. The Hall–Kier alpha value is -0.0400. The van der Waals surface area contributed by atoms with Crippen LogP contribution in [0.5, 0.6) is 0 Å². The smallest absolute Gasteiger partial charge is 0.0207 e. The fourth-order valence-corrected chi connectivity index (χ4v) is 3.62. The summed E-state index contributed by atoms with van der Waals surface area (Å²) in [4.78, 5) is 0. The van der Waals surface area contributed by atoms with E-state index >= 15 is 0 Å². The molecule has 1 saturated carbocycles. The Balaban J connectivity index is 1.97. The molecule has 0 amide bonds. The minimum atomic E-state index is 0.493. The maximum atomic E-state index is 3.86. The van der Waals surface area contributed by atoms with Crippen LogP contribution in [0.25, 0.3) is 0 Å². The van der Waals surface area contributed by atoms with Gasteiger partial charge in [-0.2, -0.15) is 0 Å². The van der Waals surface area contributed by atoms with E-state index in [4.69, 9.17) is 0 Å². The highest BCUT2D eigenvalue weighted by molar-refractivity contribution is 4.95. The van der Waals surface area contributed by atoms with Crippen LogP contribution in [0.4, 0.5) is 0 Å². The molecule has 1 unspecified atom stereocenters. The van der Waals surface area contributed by atoms with E-state index in [0.29, 0.717) is 5.54 Å². The van der Waals surface area contributed by atoms with Gasteiger partial charge in [-0.25, -0.2) is 0 Å². The third-order valence-corrected chi connectivity index (χ3v) is 4.76. The zero-order valence-electron chi connectivity index (χ0n) is 10.5. The minimum absolute atomic E-state index is 0.493. The second-order valence-electron chi connectivity index (χ2n) is 6.05. The van der Waals surface area contributed by atoms with E-state index in [1.807, 2.05) is 0 Å². The summed E-state index contributed by atoms with van der Waals surface area (Å²) < 4.78 is 0. The number of rotatable bonds is 3. The van der Waals surface area contributed by atoms with Gasteiger partial charge in [0, 0.05) is 5.54 Å². The SMILES string of the molecule is CC(C)C1(CC2CCCC2)CCCCN1. The van der Waals surface area contributed by atoms with E-state index in [0.717, 1.165) is 11.8 Å².